The lowest BCUT2D eigenvalue weighted by molar-refractivity contribution is -0.122. The molecule has 0 bridgehead atoms. The summed E-state index contributed by atoms with van der Waals surface area (Å²) in [4.78, 5) is 29.2. The molecule has 0 spiro atoms. The molecule has 1 aromatic carbocycles. The molecule has 1 N–H and O–H groups in total. The van der Waals surface area contributed by atoms with E-state index in [0.29, 0.717) is 20.9 Å². The minimum absolute atomic E-state index is 0.0000142. The number of nitrogens with one attached hydrogen (secondary N) is 1. The third kappa shape index (κ3) is 3.86. The lowest BCUT2D eigenvalue weighted by Crippen LogP contribution is -2.33. The first-order valence-corrected chi connectivity index (χ1v) is 9.70. The highest BCUT2D eigenvalue weighted by molar-refractivity contribution is 7.98. The zero-order chi connectivity index (χ0) is 18.0. The van der Waals surface area contributed by atoms with Gasteiger partial charge in [-0.05, 0) is 35.4 Å². The second-order valence-electron chi connectivity index (χ2n) is 5.15. The Morgan fingerprint density at radius 1 is 1.44 bits per heavy atom. The van der Waals surface area contributed by atoms with E-state index in [1.165, 1.54) is 39.8 Å². The van der Waals surface area contributed by atoms with Crippen LogP contribution in [0, 0.1) is 5.82 Å². The number of rotatable bonds is 5. The highest BCUT2D eigenvalue weighted by Gasteiger charge is 2.14. The molecule has 3 rings (SSSR count). The predicted molar refractivity (Wildman–Crippen MR) is 98.9 cm³/mol. The van der Waals surface area contributed by atoms with Crippen molar-refractivity contribution in [2.75, 3.05) is 6.26 Å². The van der Waals surface area contributed by atoms with E-state index in [1.54, 1.807) is 23.8 Å². The van der Waals surface area contributed by atoms with E-state index < -0.39 is 5.82 Å². The van der Waals surface area contributed by atoms with E-state index in [9.17, 15) is 14.0 Å². The van der Waals surface area contributed by atoms with Gasteiger partial charge in [-0.3, -0.25) is 14.2 Å². The van der Waals surface area contributed by atoms with Crippen LogP contribution in [0.2, 0.25) is 5.02 Å². The van der Waals surface area contributed by atoms with Crippen LogP contribution in [0.5, 0.6) is 0 Å². The Morgan fingerprint density at radius 2 is 2.24 bits per heavy atom. The Labute approximate surface area is 155 Å². The number of amides is 1. The SMILES string of the molecule is CSc1nc2ccsc2c(=O)n1CC(=O)NCc1ccc(F)c(Cl)c1. The average molecular weight is 398 g/mol. The van der Waals surface area contributed by atoms with Gasteiger partial charge in [-0.2, -0.15) is 0 Å². The molecule has 0 saturated carbocycles. The number of fused-ring (bicyclic) bond motifs is 1. The normalized spacial score (nSPS) is 11.0. The summed E-state index contributed by atoms with van der Waals surface area (Å²) in [6, 6.07) is 6.02. The molecule has 0 radical (unpaired) electrons. The van der Waals surface area contributed by atoms with Crippen LogP contribution in [-0.4, -0.2) is 21.7 Å². The fourth-order valence-corrected chi connectivity index (χ4v) is 3.81. The molecule has 3 aromatic rings. The van der Waals surface area contributed by atoms with Crippen molar-refractivity contribution >= 4 is 50.8 Å². The third-order valence-electron chi connectivity index (χ3n) is 3.49. The largest absolute Gasteiger partial charge is 0.350 e. The molecule has 0 aliphatic rings. The van der Waals surface area contributed by atoms with E-state index in [-0.39, 0.29) is 29.6 Å². The highest BCUT2D eigenvalue weighted by Crippen LogP contribution is 2.19. The number of thiophene rings is 1. The van der Waals surface area contributed by atoms with Gasteiger partial charge in [0.05, 0.1) is 10.5 Å². The fraction of sp³-hybridized carbons (Fsp3) is 0.188. The Kier molecular flexibility index (Phi) is 5.41. The zero-order valence-electron chi connectivity index (χ0n) is 13.1. The second kappa shape index (κ2) is 7.55. The molecule has 130 valence electrons. The summed E-state index contributed by atoms with van der Waals surface area (Å²) in [6.45, 7) is 0.0572. The lowest BCUT2D eigenvalue weighted by atomic mass is 10.2. The van der Waals surface area contributed by atoms with Gasteiger partial charge in [0, 0.05) is 6.54 Å². The summed E-state index contributed by atoms with van der Waals surface area (Å²) in [5, 5.41) is 4.98. The highest BCUT2D eigenvalue weighted by atomic mass is 35.5. The van der Waals surface area contributed by atoms with Gasteiger partial charge >= 0.3 is 0 Å². The van der Waals surface area contributed by atoms with Crippen LogP contribution in [0.4, 0.5) is 4.39 Å². The summed E-state index contributed by atoms with van der Waals surface area (Å²) in [5.74, 6) is -0.848. The number of hydrogen-bond donors (Lipinski definition) is 1. The molecule has 1 amide bonds. The van der Waals surface area contributed by atoms with Crippen LogP contribution in [-0.2, 0) is 17.9 Å². The van der Waals surface area contributed by atoms with Gasteiger partial charge in [-0.1, -0.05) is 29.4 Å². The molecular formula is C16H13ClFN3O2S2. The molecule has 0 fully saturated rings. The summed E-state index contributed by atoms with van der Waals surface area (Å²) < 4.78 is 15.0. The molecule has 25 heavy (non-hydrogen) atoms. The van der Waals surface area contributed by atoms with Crippen LogP contribution in [0.3, 0.4) is 0 Å². The van der Waals surface area contributed by atoms with Crippen molar-refractivity contribution in [1.82, 2.24) is 14.9 Å². The average Bonchev–Trinajstić information content (AvgIpc) is 3.07. The van der Waals surface area contributed by atoms with E-state index in [1.807, 2.05) is 0 Å². The first-order chi connectivity index (χ1) is 12.0. The van der Waals surface area contributed by atoms with Crippen molar-refractivity contribution in [1.29, 1.82) is 0 Å². The predicted octanol–water partition coefficient (Wildman–Crippen LogP) is 3.29. The maximum absolute atomic E-state index is 13.1. The maximum Gasteiger partial charge on any atom is 0.272 e. The van der Waals surface area contributed by atoms with Crippen LogP contribution in [0.15, 0.2) is 39.6 Å². The Morgan fingerprint density at radius 3 is 2.96 bits per heavy atom. The van der Waals surface area contributed by atoms with Crippen molar-refractivity contribution in [3.8, 4) is 0 Å². The summed E-state index contributed by atoms with van der Waals surface area (Å²) >= 11 is 8.33. The summed E-state index contributed by atoms with van der Waals surface area (Å²) in [7, 11) is 0. The molecule has 0 aliphatic heterocycles. The summed E-state index contributed by atoms with van der Waals surface area (Å²) in [6.07, 6.45) is 1.80. The number of hydrogen-bond acceptors (Lipinski definition) is 5. The van der Waals surface area contributed by atoms with Crippen LogP contribution in [0.1, 0.15) is 5.56 Å². The van der Waals surface area contributed by atoms with Crippen molar-refractivity contribution < 1.29 is 9.18 Å². The summed E-state index contributed by atoms with van der Waals surface area (Å²) in [5.41, 5.74) is 1.07. The van der Waals surface area contributed by atoms with Gasteiger partial charge in [-0.15, -0.1) is 11.3 Å². The molecule has 2 aromatic heterocycles. The first-order valence-electron chi connectivity index (χ1n) is 7.22. The number of thioether (sulfide) groups is 1. The van der Waals surface area contributed by atoms with E-state index in [2.05, 4.69) is 10.3 Å². The Bertz CT molecular complexity index is 1000. The number of nitrogens with zero attached hydrogens (tertiary/aromatic N) is 2. The molecule has 0 aliphatic carbocycles. The Balaban J connectivity index is 1.76. The molecule has 9 heteroatoms. The first kappa shape index (κ1) is 17.9. The maximum atomic E-state index is 13.1. The smallest absolute Gasteiger partial charge is 0.272 e. The third-order valence-corrected chi connectivity index (χ3v) is 5.35. The van der Waals surface area contributed by atoms with Crippen LogP contribution < -0.4 is 10.9 Å². The zero-order valence-corrected chi connectivity index (χ0v) is 15.5. The second-order valence-corrected chi connectivity index (χ2v) is 7.25. The van der Waals surface area contributed by atoms with Gasteiger partial charge in [0.15, 0.2) is 5.16 Å². The van der Waals surface area contributed by atoms with Crippen molar-refractivity contribution in [2.45, 2.75) is 18.2 Å². The van der Waals surface area contributed by atoms with E-state index >= 15 is 0 Å². The topological polar surface area (TPSA) is 64.0 Å². The van der Waals surface area contributed by atoms with Gasteiger partial charge in [-0.25, -0.2) is 9.37 Å². The minimum Gasteiger partial charge on any atom is -0.350 e. The molecule has 0 atom stereocenters. The van der Waals surface area contributed by atoms with Crippen molar-refractivity contribution in [2.24, 2.45) is 0 Å². The van der Waals surface area contributed by atoms with E-state index in [0.717, 1.165) is 0 Å². The monoisotopic (exact) mass is 397 g/mol. The lowest BCUT2D eigenvalue weighted by Gasteiger charge is -2.11. The van der Waals surface area contributed by atoms with Gasteiger partial charge in [0.1, 0.15) is 17.1 Å². The molecule has 5 nitrogen and oxygen atoms in total. The number of aromatic nitrogens is 2. The molecule has 0 unspecified atom stereocenters. The van der Waals surface area contributed by atoms with Crippen molar-refractivity contribution in [3.63, 3.8) is 0 Å². The minimum atomic E-state index is -0.511. The quantitative estimate of drug-likeness (QED) is 0.530. The number of benzene rings is 1. The van der Waals surface area contributed by atoms with Gasteiger partial charge < -0.3 is 5.32 Å². The van der Waals surface area contributed by atoms with E-state index in [4.69, 9.17) is 11.6 Å². The van der Waals surface area contributed by atoms with Gasteiger partial charge in [0.25, 0.3) is 5.56 Å². The van der Waals surface area contributed by atoms with Gasteiger partial charge in [0.2, 0.25) is 5.91 Å². The number of carbonyl (C=O) groups excluding carboxylic acids is 1. The fourth-order valence-electron chi connectivity index (χ4n) is 2.27. The van der Waals surface area contributed by atoms with Crippen LogP contribution >= 0.6 is 34.7 Å². The number of halogens is 2. The van der Waals surface area contributed by atoms with Crippen molar-refractivity contribution in [3.05, 3.63) is 56.4 Å². The molecule has 0 saturated heterocycles. The van der Waals surface area contributed by atoms with Crippen LogP contribution in [0.25, 0.3) is 10.2 Å². The standard InChI is InChI=1S/C16H13ClFN3O2S2/c1-24-16-20-12-4-5-25-14(12)15(23)21(16)8-13(22)19-7-9-2-3-11(18)10(17)6-9/h2-6H,7-8H2,1H3,(H,19,22). The molecule has 2 heterocycles. The Hall–Kier alpha value is -1.90. The molecular weight excluding hydrogens is 385 g/mol. The number of carbonyl (C=O) groups is 1.